The number of benzene rings is 3. The Balaban J connectivity index is 0.00000289. The predicted octanol–water partition coefficient (Wildman–Crippen LogP) is 4.94. The molecule has 1 aromatic heterocycles. The summed E-state index contributed by atoms with van der Waals surface area (Å²) in [6, 6.07) is 28.4. The normalized spacial score (nSPS) is 10.5. The van der Waals surface area contributed by atoms with Gasteiger partial charge in [-0.2, -0.15) is 4.68 Å². The molecule has 3 aromatic carbocycles. The van der Waals surface area contributed by atoms with E-state index in [9.17, 15) is 0 Å². The highest BCUT2D eigenvalue weighted by atomic mass is 35.5. The average molecular weight is 468 g/mol. The van der Waals surface area contributed by atoms with Crippen LogP contribution in [-0.2, 0) is 13.2 Å². The standard InChI is InChI=1S/C24H25N5OS.ClH/c1-3-8-21(9-4-1)19-30-23-14-12-20(13-15-23)18-25-16-7-17-31-24-26-27-28-29(24)22-10-5-2-6-11-22;/h1-6,8-15,25H,7,16-19H2;1H. The first-order valence-corrected chi connectivity index (χ1v) is 11.3. The van der Waals surface area contributed by atoms with E-state index in [0.717, 1.165) is 41.9 Å². The Bertz CT molecular complexity index is 1040. The Morgan fingerprint density at radius 1 is 0.844 bits per heavy atom. The minimum absolute atomic E-state index is 0. The summed E-state index contributed by atoms with van der Waals surface area (Å²) in [5.41, 5.74) is 3.39. The molecule has 0 unspecified atom stereocenters. The first-order chi connectivity index (χ1) is 15.4. The quantitative estimate of drug-likeness (QED) is 0.249. The Morgan fingerprint density at radius 3 is 2.31 bits per heavy atom. The molecule has 0 bridgehead atoms. The summed E-state index contributed by atoms with van der Waals surface area (Å²) in [6.07, 6.45) is 1.03. The van der Waals surface area contributed by atoms with Crippen molar-refractivity contribution in [3.63, 3.8) is 0 Å². The second-order valence-electron chi connectivity index (χ2n) is 7.01. The minimum atomic E-state index is 0. The van der Waals surface area contributed by atoms with Crippen LogP contribution in [-0.4, -0.2) is 32.5 Å². The molecule has 166 valence electrons. The maximum atomic E-state index is 5.84. The highest BCUT2D eigenvalue weighted by Crippen LogP contribution is 2.18. The molecule has 0 radical (unpaired) electrons. The van der Waals surface area contributed by atoms with Crippen molar-refractivity contribution in [3.05, 3.63) is 96.1 Å². The number of nitrogens with one attached hydrogen (secondary N) is 1. The fraction of sp³-hybridized carbons (Fsp3) is 0.208. The van der Waals surface area contributed by atoms with E-state index in [1.165, 1.54) is 11.1 Å². The van der Waals surface area contributed by atoms with Crippen LogP contribution in [0.15, 0.2) is 90.1 Å². The van der Waals surface area contributed by atoms with Crippen molar-refractivity contribution in [1.82, 2.24) is 25.5 Å². The van der Waals surface area contributed by atoms with Crippen LogP contribution in [0.1, 0.15) is 17.5 Å². The molecule has 0 aliphatic rings. The van der Waals surface area contributed by atoms with Gasteiger partial charge in [0.1, 0.15) is 12.4 Å². The molecule has 1 heterocycles. The van der Waals surface area contributed by atoms with E-state index in [4.69, 9.17) is 4.74 Å². The van der Waals surface area contributed by atoms with Gasteiger partial charge in [0, 0.05) is 12.3 Å². The zero-order valence-corrected chi connectivity index (χ0v) is 19.3. The van der Waals surface area contributed by atoms with E-state index < -0.39 is 0 Å². The third kappa shape index (κ3) is 7.09. The molecule has 1 N–H and O–H groups in total. The fourth-order valence-electron chi connectivity index (χ4n) is 3.04. The van der Waals surface area contributed by atoms with Gasteiger partial charge in [0.05, 0.1) is 5.69 Å². The maximum Gasteiger partial charge on any atom is 0.214 e. The molecule has 0 aliphatic heterocycles. The lowest BCUT2D eigenvalue weighted by atomic mass is 10.2. The second-order valence-corrected chi connectivity index (χ2v) is 8.07. The number of tetrazole rings is 1. The Labute approximate surface area is 198 Å². The highest BCUT2D eigenvalue weighted by Gasteiger charge is 2.08. The van der Waals surface area contributed by atoms with Crippen LogP contribution >= 0.6 is 24.2 Å². The summed E-state index contributed by atoms with van der Waals surface area (Å²) in [4.78, 5) is 0. The number of nitrogens with zero attached hydrogens (tertiary/aromatic N) is 4. The van der Waals surface area contributed by atoms with Gasteiger partial charge in [0.2, 0.25) is 5.16 Å². The molecule has 0 amide bonds. The summed E-state index contributed by atoms with van der Waals surface area (Å²) < 4.78 is 7.62. The largest absolute Gasteiger partial charge is 0.489 e. The lowest BCUT2D eigenvalue weighted by Crippen LogP contribution is -2.15. The fourth-order valence-corrected chi connectivity index (χ4v) is 3.87. The zero-order valence-electron chi connectivity index (χ0n) is 17.6. The van der Waals surface area contributed by atoms with Gasteiger partial charge in [-0.3, -0.25) is 0 Å². The smallest absolute Gasteiger partial charge is 0.214 e. The molecule has 8 heteroatoms. The van der Waals surface area contributed by atoms with E-state index in [1.807, 2.05) is 60.7 Å². The highest BCUT2D eigenvalue weighted by molar-refractivity contribution is 7.99. The van der Waals surface area contributed by atoms with Gasteiger partial charge in [-0.25, -0.2) is 0 Å². The van der Waals surface area contributed by atoms with Gasteiger partial charge in [0.15, 0.2) is 0 Å². The number of ether oxygens (including phenoxy) is 1. The van der Waals surface area contributed by atoms with Crippen LogP contribution in [0, 0.1) is 0 Å². The molecule has 0 saturated carbocycles. The molecule has 0 aliphatic carbocycles. The lowest BCUT2D eigenvalue weighted by molar-refractivity contribution is 0.306. The van der Waals surface area contributed by atoms with Crippen molar-refractivity contribution in [1.29, 1.82) is 0 Å². The van der Waals surface area contributed by atoms with Gasteiger partial charge in [-0.05, 0) is 58.8 Å². The minimum Gasteiger partial charge on any atom is -0.489 e. The number of rotatable bonds is 11. The molecular formula is C24H26ClN5OS. The molecule has 32 heavy (non-hydrogen) atoms. The number of aromatic nitrogens is 4. The Hall–Kier alpha value is -2.87. The monoisotopic (exact) mass is 467 g/mol. The first-order valence-electron chi connectivity index (χ1n) is 10.3. The van der Waals surface area contributed by atoms with Gasteiger partial charge in [-0.15, -0.1) is 17.5 Å². The summed E-state index contributed by atoms with van der Waals surface area (Å²) >= 11 is 1.67. The van der Waals surface area contributed by atoms with Crippen molar-refractivity contribution < 1.29 is 4.74 Å². The zero-order chi connectivity index (χ0) is 21.1. The van der Waals surface area contributed by atoms with Gasteiger partial charge in [0.25, 0.3) is 0 Å². The van der Waals surface area contributed by atoms with E-state index in [2.05, 4.69) is 45.1 Å². The van der Waals surface area contributed by atoms with Crippen LogP contribution in [0.25, 0.3) is 5.69 Å². The number of hydrogen-bond acceptors (Lipinski definition) is 6. The molecule has 4 rings (SSSR count). The van der Waals surface area contributed by atoms with Crippen LogP contribution in [0.5, 0.6) is 5.75 Å². The van der Waals surface area contributed by atoms with Crippen molar-refractivity contribution in [2.75, 3.05) is 12.3 Å². The second kappa shape index (κ2) is 12.9. The van der Waals surface area contributed by atoms with Crippen molar-refractivity contribution in [2.45, 2.75) is 24.7 Å². The topological polar surface area (TPSA) is 64.9 Å². The van der Waals surface area contributed by atoms with Crippen LogP contribution in [0.4, 0.5) is 0 Å². The maximum absolute atomic E-state index is 5.84. The molecule has 4 aromatic rings. The summed E-state index contributed by atoms with van der Waals surface area (Å²) in [6.45, 7) is 2.36. The molecular weight excluding hydrogens is 442 g/mol. The van der Waals surface area contributed by atoms with Crippen LogP contribution in [0.2, 0.25) is 0 Å². The summed E-state index contributed by atoms with van der Waals surface area (Å²) in [5, 5.41) is 16.3. The molecule has 0 spiro atoms. The van der Waals surface area contributed by atoms with E-state index in [0.29, 0.717) is 6.61 Å². The molecule has 0 fully saturated rings. The number of halogens is 1. The number of para-hydroxylation sites is 1. The van der Waals surface area contributed by atoms with E-state index in [1.54, 1.807) is 16.4 Å². The van der Waals surface area contributed by atoms with Crippen LogP contribution < -0.4 is 10.1 Å². The average Bonchev–Trinajstić information content (AvgIpc) is 3.30. The molecule has 0 atom stereocenters. The number of hydrogen-bond donors (Lipinski definition) is 1. The van der Waals surface area contributed by atoms with Gasteiger partial charge in [-0.1, -0.05) is 72.4 Å². The Kier molecular flexibility index (Phi) is 9.56. The third-order valence-electron chi connectivity index (χ3n) is 4.67. The van der Waals surface area contributed by atoms with Crippen molar-refractivity contribution in [2.24, 2.45) is 0 Å². The lowest BCUT2D eigenvalue weighted by Gasteiger charge is -2.08. The van der Waals surface area contributed by atoms with E-state index in [-0.39, 0.29) is 12.4 Å². The third-order valence-corrected chi connectivity index (χ3v) is 5.68. The SMILES string of the molecule is Cl.c1ccc(COc2ccc(CNCCCSc3nnnn3-c3ccccc3)cc2)cc1. The van der Waals surface area contributed by atoms with Gasteiger partial charge >= 0.3 is 0 Å². The summed E-state index contributed by atoms with van der Waals surface area (Å²) in [7, 11) is 0. The van der Waals surface area contributed by atoms with Crippen molar-refractivity contribution in [3.8, 4) is 11.4 Å². The Morgan fingerprint density at radius 2 is 1.56 bits per heavy atom. The van der Waals surface area contributed by atoms with Gasteiger partial charge < -0.3 is 10.1 Å². The van der Waals surface area contributed by atoms with E-state index >= 15 is 0 Å². The predicted molar refractivity (Wildman–Crippen MR) is 131 cm³/mol. The van der Waals surface area contributed by atoms with Crippen molar-refractivity contribution >= 4 is 24.2 Å². The molecule has 6 nitrogen and oxygen atoms in total. The summed E-state index contributed by atoms with van der Waals surface area (Å²) in [5.74, 6) is 1.84. The van der Waals surface area contributed by atoms with Crippen LogP contribution in [0.3, 0.4) is 0 Å². The molecule has 0 saturated heterocycles. The number of thioether (sulfide) groups is 1. The first kappa shape index (κ1) is 23.8.